The van der Waals surface area contributed by atoms with Crippen molar-refractivity contribution < 1.29 is 11.0 Å². The summed E-state index contributed by atoms with van der Waals surface area (Å²) in [6.45, 7) is 0. The fraction of sp³-hybridized carbons (Fsp3) is 1.00. The average Bonchev–Trinajstić information content (AvgIpc) is 1.81. The summed E-state index contributed by atoms with van der Waals surface area (Å²) >= 11 is 6.56. The second-order valence-corrected chi connectivity index (χ2v) is 0.921. The molecule has 0 amide bonds. The Labute approximate surface area is 61.4 Å². The Morgan fingerprint density at radius 1 is 1.17 bits per heavy atom. The second kappa shape index (κ2) is 5.70. The highest BCUT2D eigenvalue weighted by Gasteiger charge is 1.76. The molecule has 0 aliphatic rings. The van der Waals surface area contributed by atoms with E-state index in [1.807, 2.05) is 0 Å². The van der Waals surface area contributed by atoms with Crippen molar-refractivity contribution in [1.82, 2.24) is 0 Å². The molecular weight excluding hydrogens is 112 g/mol. The summed E-state index contributed by atoms with van der Waals surface area (Å²) in [5, 5.41) is 0. The number of hydrogen-bond acceptors (Lipinski definition) is 2. The molecule has 0 aliphatic carbocycles. The molecular formula is C4H10S2. The van der Waals surface area contributed by atoms with Crippen LogP contribution in [-0.2, 0) is 0 Å². The van der Waals surface area contributed by atoms with Gasteiger partial charge in [-0.2, -0.15) is 25.3 Å². The van der Waals surface area contributed by atoms with E-state index >= 15 is 0 Å². The van der Waals surface area contributed by atoms with Crippen LogP contribution in [0, 0.1) is 0 Å². The number of thiol groups is 2. The smallest absolute Gasteiger partial charge is 0.0378 e. The quantitative estimate of drug-likeness (QED) is 0.533. The molecule has 0 radical (unpaired) electrons. The normalized spacial score (nSPS) is 38.3. The molecule has 6 heavy (non-hydrogen) atoms. The van der Waals surface area contributed by atoms with Crippen LogP contribution in [-0.4, -0.2) is 11.4 Å². The third-order valence-electron chi connectivity index (χ3n) is 0.174. The van der Waals surface area contributed by atoms with Gasteiger partial charge in [0.2, 0.25) is 0 Å². The van der Waals surface area contributed by atoms with E-state index in [9.17, 15) is 0 Å². The predicted molar refractivity (Wildman–Crippen MR) is 36.9 cm³/mol. The minimum Gasteiger partial charge on any atom is -0.179 e. The van der Waals surface area contributed by atoms with E-state index in [0.717, 1.165) is 0 Å². The van der Waals surface area contributed by atoms with Crippen molar-refractivity contribution in [1.29, 1.82) is 0 Å². The lowest BCUT2D eigenvalue weighted by Crippen LogP contribution is -1.74. The van der Waals surface area contributed by atoms with Gasteiger partial charge in [0.1, 0.15) is 0 Å². The summed E-state index contributed by atoms with van der Waals surface area (Å²) in [6, 6.07) is 0. The standard InChI is InChI=1S/C4H10S2/c5-3-1-2-4-6/h5-6H,1-4H2/i1D2,2D2,3D2,4D2. The zero-order valence-electron chi connectivity index (χ0n) is 10.9. The SMILES string of the molecule is [2H]C([2H])(S)C([2H])([2H])C([2H])([2H])C([2H])([2H])S. The van der Waals surface area contributed by atoms with Gasteiger partial charge in [-0.3, -0.25) is 0 Å². The molecule has 0 nitrogen and oxygen atoms in total. The molecule has 0 fully saturated rings. The zero-order chi connectivity index (χ0) is 12.0. The van der Waals surface area contributed by atoms with Gasteiger partial charge in [0.25, 0.3) is 0 Å². The largest absolute Gasteiger partial charge is 0.179 e. The van der Waals surface area contributed by atoms with Crippen LogP contribution in [0.1, 0.15) is 23.7 Å². The van der Waals surface area contributed by atoms with Crippen molar-refractivity contribution in [3.8, 4) is 0 Å². The van der Waals surface area contributed by atoms with Crippen molar-refractivity contribution >= 4 is 25.3 Å². The van der Waals surface area contributed by atoms with E-state index in [2.05, 4.69) is 25.3 Å². The van der Waals surface area contributed by atoms with Crippen molar-refractivity contribution in [2.24, 2.45) is 0 Å². The molecule has 38 valence electrons. The van der Waals surface area contributed by atoms with Crippen LogP contribution in [0.15, 0.2) is 0 Å². The first-order valence-corrected chi connectivity index (χ1v) is 2.09. The highest BCUT2D eigenvalue weighted by Crippen LogP contribution is 1.91. The Hall–Kier alpha value is 0.700. The summed E-state index contributed by atoms with van der Waals surface area (Å²) in [4.78, 5) is 0. The molecule has 0 N–H and O–H groups in total. The van der Waals surface area contributed by atoms with Gasteiger partial charge < -0.3 is 0 Å². The first kappa shape index (κ1) is 1.16. The molecule has 0 aliphatic heterocycles. The summed E-state index contributed by atoms with van der Waals surface area (Å²) in [7, 11) is 0. The van der Waals surface area contributed by atoms with Crippen LogP contribution in [0.4, 0.5) is 0 Å². The number of hydrogen-bond donors (Lipinski definition) is 2. The Bertz CT molecular complexity index is 188. The summed E-state index contributed by atoms with van der Waals surface area (Å²) in [5.41, 5.74) is -5.60. The highest BCUT2D eigenvalue weighted by molar-refractivity contribution is 7.80. The maximum Gasteiger partial charge on any atom is 0.0378 e. The molecule has 0 atom stereocenters. The highest BCUT2D eigenvalue weighted by atomic mass is 32.1. The maximum absolute atomic E-state index is 7.19. The lowest BCUT2D eigenvalue weighted by molar-refractivity contribution is 0.912. The van der Waals surface area contributed by atoms with Gasteiger partial charge in [0, 0.05) is 11.0 Å². The zero-order valence-corrected chi connectivity index (χ0v) is 4.68. The van der Waals surface area contributed by atoms with Crippen LogP contribution < -0.4 is 0 Å². The average molecular weight is 130 g/mol. The first-order valence-electron chi connectivity index (χ1n) is 5.20. The lowest BCUT2D eigenvalue weighted by atomic mass is 10.4. The van der Waals surface area contributed by atoms with Crippen LogP contribution in [0.25, 0.3) is 0 Å². The second-order valence-electron chi connectivity index (χ2n) is 0.474. The molecule has 0 saturated heterocycles. The van der Waals surface area contributed by atoms with Gasteiger partial charge in [0.05, 0.1) is 0 Å². The molecule has 0 saturated carbocycles. The van der Waals surface area contributed by atoms with Gasteiger partial charge >= 0.3 is 0 Å². The van der Waals surface area contributed by atoms with Crippen LogP contribution in [0.2, 0.25) is 0 Å². The Balaban J connectivity index is 5.30. The van der Waals surface area contributed by atoms with Crippen molar-refractivity contribution in [3.63, 3.8) is 0 Å². The third-order valence-corrected chi connectivity index (χ3v) is 0.398. The van der Waals surface area contributed by atoms with E-state index in [0.29, 0.717) is 0 Å². The van der Waals surface area contributed by atoms with Crippen LogP contribution in [0.3, 0.4) is 0 Å². The third kappa shape index (κ3) is 4.70. The van der Waals surface area contributed by atoms with E-state index in [-0.39, 0.29) is 0 Å². The van der Waals surface area contributed by atoms with Gasteiger partial charge in [-0.25, -0.2) is 0 Å². The fourth-order valence-electron chi connectivity index (χ4n) is 0.0559. The molecule has 0 rings (SSSR count). The minimum absolute atomic E-state index is 2.80. The summed E-state index contributed by atoms with van der Waals surface area (Å²) in [6.07, 6.45) is -6.21. The molecule has 0 aromatic carbocycles. The summed E-state index contributed by atoms with van der Waals surface area (Å²) in [5.74, 6) is 0. The topological polar surface area (TPSA) is 0 Å². The minimum atomic E-state index is -3.10. The number of rotatable bonds is 3. The fourth-order valence-corrected chi connectivity index (χ4v) is 0.168. The Morgan fingerprint density at radius 3 is 1.67 bits per heavy atom. The first-order chi connectivity index (χ1) is 5.75. The van der Waals surface area contributed by atoms with E-state index in [1.54, 1.807) is 0 Å². The van der Waals surface area contributed by atoms with E-state index < -0.39 is 24.2 Å². The Morgan fingerprint density at radius 2 is 1.50 bits per heavy atom. The predicted octanol–water partition coefficient (Wildman–Crippen LogP) is 1.63. The molecule has 0 aromatic rings. The lowest BCUT2D eigenvalue weighted by Gasteiger charge is -1.85. The molecule has 0 heterocycles. The van der Waals surface area contributed by atoms with E-state index in [1.165, 1.54) is 0 Å². The van der Waals surface area contributed by atoms with Gasteiger partial charge in [0.15, 0.2) is 0 Å². The van der Waals surface area contributed by atoms with Crippen LogP contribution >= 0.6 is 25.3 Å². The molecule has 0 spiro atoms. The van der Waals surface area contributed by atoms with Gasteiger partial charge in [-0.15, -0.1) is 0 Å². The van der Waals surface area contributed by atoms with Crippen molar-refractivity contribution in [3.05, 3.63) is 0 Å². The molecule has 0 unspecified atom stereocenters. The van der Waals surface area contributed by atoms with Crippen molar-refractivity contribution in [2.45, 2.75) is 12.7 Å². The van der Waals surface area contributed by atoms with Crippen LogP contribution in [0.5, 0.6) is 0 Å². The molecule has 0 aromatic heterocycles. The van der Waals surface area contributed by atoms with E-state index in [4.69, 9.17) is 11.0 Å². The molecule has 2 heteroatoms. The molecule has 0 bridgehead atoms. The van der Waals surface area contributed by atoms with Crippen molar-refractivity contribution in [2.75, 3.05) is 11.4 Å². The maximum atomic E-state index is 7.19. The van der Waals surface area contributed by atoms with Gasteiger partial charge in [-0.1, -0.05) is 0 Å². The van der Waals surface area contributed by atoms with Gasteiger partial charge in [-0.05, 0) is 24.2 Å². The Kier molecular flexibility index (Phi) is 1.10. The monoisotopic (exact) mass is 130 g/mol. The summed E-state index contributed by atoms with van der Waals surface area (Å²) < 4.78 is 56.7.